The van der Waals surface area contributed by atoms with Crippen molar-refractivity contribution < 1.29 is 23.5 Å². The van der Waals surface area contributed by atoms with Crippen LogP contribution in [-0.4, -0.2) is 99.2 Å². The first-order valence-corrected chi connectivity index (χ1v) is 10.2. The maximum atomic E-state index is 12.7. The van der Waals surface area contributed by atoms with E-state index in [-0.39, 0.29) is 18.4 Å². The van der Waals surface area contributed by atoms with E-state index in [4.69, 9.17) is 4.52 Å². The third kappa shape index (κ3) is 2.83. The number of rotatable bonds is 4. The summed E-state index contributed by atoms with van der Waals surface area (Å²) in [5.74, 6) is 0.878. The quantitative estimate of drug-likeness (QED) is 0.637. The van der Waals surface area contributed by atoms with Crippen LogP contribution in [0, 0.1) is 0 Å². The van der Waals surface area contributed by atoms with E-state index in [9.17, 15) is 14.4 Å². The Morgan fingerprint density at radius 2 is 2.10 bits per heavy atom. The number of hydrogen-bond donors (Lipinski definition) is 0. The van der Waals surface area contributed by atoms with Crippen molar-refractivity contribution in [2.24, 2.45) is 4.99 Å². The molecule has 2 saturated heterocycles. The summed E-state index contributed by atoms with van der Waals surface area (Å²) in [7, 11) is 2.98. The molecule has 2 aromatic heterocycles. The molecule has 154 valence electrons. The molecular weight excluding hydrogens is 410 g/mol. The van der Waals surface area contributed by atoms with Crippen LogP contribution in [0.15, 0.2) is 27.0 Å². The number of likely N-dealkylation sites (tertiary alicyclic amines) is 1. The van der Waals surface area contributed by atoms with E-state index in [1.54, 1.807) is 16.5 Å². The van der Waals surface area contributed by atoms with Crippen LogP contribution in [0.5, 0.6) is 0 Å². The molecule has 0 bridgehead atoms. The molecule has 5 rings (SSSR count). The Labute approximate surface area is 174 Å². The van der Waals surface area contributed by atoms with E-state index < -0.39 is 18.0 Å². The number of amides is 4. The molecule has 5 heterocycles. The van der Waals surface area contributed by atoms with Gasteiger partial charge in [0.1, 0.15) is 0 Å². The molecule has 0 saturated carbocycles. The number of urea groups is 1. The van der Waals surface area contributed by atoms with Crippen LogP contribution in [0.25, 0.3) is 10.7 Å². The summed E-state index contributed by atoms with van der Waals surface area (Å²) < 4.78 is 6.92. The molecule has 2 fully saturated rings. The summed E-state index contributed by atoms with van der Waals surface area (Å²) in [5, 5.41) is 5.95. The molecule has 1 unspecified atom stereocenters. The number of aromatic nitrogens is 2. The fourth-order valence-corrected chi connectivity index (χ4v) is 4.32. The summed E-state index contributed by atoms with van der Waals surface area (Å²) in [4.78, 5) is 50.9. The van der Waals surface area contributed by atoms with Crippen LogP contribution in [0.2, 0.25) is 0 Å². The largest absolute Gasteiger partial charge is 0.339 e. The molecule has 0 spiro atoms. The van der Waals surface area contributed by atoms with Crippen LogP contribution in [-0.2, 0) is 9.59 Å². The molecule has 2 aromatic rings. The van der Waals surface area contributed by atoms with E-state index in [1.807, 2.05) is 17.5 Å². The monoisotopic (exact) mass is 428 g/mol. The highest BCUT2D eigenvalue weighted by molar-refractivity contribution is 7.13. The lowest BCUT2D eigenvalue weighted by molar-refractivity contribution is -0.521. The molecule has 0 radical (unpaired) electrons. The maximum Gasteiger partial charge on any atom is 0.333 e. The molecular formula is C18H18N7O4S+. The highest BCUT2D eigenvalue weighted by Gasteiger charge is 2.51. The van der Waals surface area contributed by atoms with Crippen LogP contribution >= 0.6 is 11.3 Å². The summed E-state index contributed by atoms with van der Waals surface area (Å²) in [6.07, 6.45) is 1.45. The molecule has 0 aliphatic carbocycles. The minimum absolute atomic E-state index is 0.00369. The van der Waals surface area contributed by atoms with Crippen molar-refractivity contribution in [3.8, 4) is 10.7 Å². The summed E-state index contributed by atoms with van der Waals surface area (Å²) in [6.45, 7) is 0.947. The van der Waals surface area contributed by atoms with Crippen LogP contribution in [0.4, 0.5) is 4.79 Å². The average Bonchev–Trinajstić information content (AvgIpc) is 3.43. The third-order valence-corrected chi connectivity index (χ3v) is 6.35. The van der Waals surface area contributed by atoms with Gasteiger partial charge in [-0.25, -0.2) is 9.37 Å². The standard InChI is InChI=1S/C18H18N7O4S/c1-22-15-13(17(27)23(2)18(22)28)25(9-19-15)8-12(26)24-6-10(7-24)16-20-14(21-29-16)11-4-3-5-30-11/h3-5,9-10,13H,6-8H2,1-2H3/q+1. The lowest BCUT2D eigenvalue weighted by Crippen LogP contribution is -2.62. The fourth-order valence-electron chi connectivity index (χ4n) is 3.68. The van der Waals surface area contributed by atoms with Gasteiger partial charge in [-0.1, -0.05) is 11.2 Å². The van der Waals surface area contributed by atoms with E-state index >= 15 is 0 Å². The molecule has 30 heavy (non-hydrogen) atoms. The van der Waals surface area contributed by atoms with E-state index in [0.717, 1.165) is 9.78 Å². The second-order valence-corrected chi connectivity index (χ2v) is 8.29. The third-order valence-electron chi connectivity index (χ3n) is 5.48. The highest BCUT2D eigenvalue weighted by atomic mass is 32.1. The molecule has 3 aliphatic heterocycles. The Hall–Kier alpha value is -3.41. The number of nitrogens with zero attached hydrogens (tertiary/aromatic N) is 7. The van der Waals surface area contributed by atoms with Crippen LogP contribution < -0.4 is 0 Å². The summed E-state index contributed by atoms with van der Waals surface area (Å²) in [5.41, 5.74) is 0. The number of carbonyl (C=O) groups excluding carboxylic acids is 3. The smallest absolute Gasteiger partial charge is 0.333 e. The zero-order chi connectivity index (χ0) is 21.0. The van der Waals surface area contributed by atoms with Gasteiger partial charge in [0.05, 0.1) is 10.8 Å². The zero-order valence-corrected chi connectivity index (χ0v) is 17.1. The Bertz CT molecular complexity index is 1100. The Morgan fingerprint density at radius 1 is 1.30 bits per heavy atom. The summed E-state index contributed by atoms with van der Waals surface area (Å²) in [6, 6.07) is 2.65. The van der Waals surface area contributed by atoms with Crippen molar-refractivity contribution >= 4 is 41.4 Å². The SMILES string of the molecule is CN1C(=O)C2C(=NC=[N+]2CC(=O)N2CC(c3nc(-c4cccs4)no3)C2)N(C)C1=O. The molecule has 12 heteroatoms. The van der Waals surface area contributed by atoms with Crippen LogP contribution in [0.1, 0.15) is 11.8 Å². The number of thiophene rings is 1. The molecule has 1 atom stereocenters. The van der Waals surface area contributed by atoms with Crippen molar-refractivity contribution in [2.75, 3.05) is 33.7 Å². The number of fused-ring (bicyclic) bond motifs is 1. The minimum atomic E-state index is -0.761. The average molecular weight is 428 g/mol. The van der Waals surface area contributed by atoms with E-state index in [2.05, 4.69) is 15.1 Å². The minimum Gasteiger partial charge on any atom is -0.339 e. The number of hydrogen-bond acceptors (Lipinski definition) is 8. The van der Waals surface area contributed by atoms with Gasteiger partial charge in [-0.15, -0.1) is 11.3 Å². The number of likely N-dealkylation sites (N-methyl/N-ethyl adjacent to an activating group) is 2. The van der Waals surface area contributed by atoms with Crippen molar-refractivity contribution in [1.82, 2.24) is 24.8 Å². The number of amidine groups is 1. The predicted octanol–water partition coefficient (Wildman–Crippen LogP) is 0.0692. The van der Waals surface area contributed by atoms with Gasteiger partial charge in [-0.3, -0.25) is 19.4 Å². The maximum absolute atomic E-state index is 12.7. The van der Waals surface area contributed by atoms with E-state index in [1.165, 1.54) is 29.6 Å². The van der Waals surface area contributed by atoms with Gasteiger partial charge in [-0.05, 0) is 16.4 Å². The van der Waals surface area contributed by atoms with E-state index in [0.29, 0.717) is 30.6 Å². The van der Waals surface area contributed by atoms with Crippen molar-refractivity contribution in [3.05, 3.63) is 23.4 Å². The highest BCUT2D eigenvalue weighted by Crippen LogP contribution is 2.29. The van der Waals surface area contributed by atoms with Gasteiger partial charge in [0.2, 0.25) is 11.7 Å². The van der Waals surface area contributed by atoms with Gasteiger partial charge in [-0.2, -0.15) is 4.98 Å². The lowest BCUT2D eigenvalue weighted by atomic mass is 10.00. The first-order chi connectivity index (χ1) is 14.4. The van der Waals surface area contributed by atoms with Gasteiger partial charge in [0, 0.05) is 27.2 Å². The molecule has 4 amide bonds. The Morgan fingerprint density at radius 3 is 2.83 bits per heavy atom. The lowest BCUT2D eigenvalue weighted by Gasteiger charge is -2.37. The van der Waals surface area contributed by atoms with Crippen molar-refractivity contribution in [1.29, 1.82) is 0 Å². The zero-order valence-electron chi connectivity index (χ0n) is 16.3. The second-order valence-electron chi connectivity index (χ2n) is 7.35. The topological polar surface area (TPSA) is 115 Å². The van der Waals surface area contributed by atoms with Gasteiger partial charge >= 0.3 is 6.03 Å². The first kappa shape index (κ1) is 18.6. The van der Waals surface area contributed by atoms with Gasteiger partial charge < -0.3 is 9.42 Å². The van der Waals surface area contributed by atoms with Gasteiger partial charge in [0.25, 0.3) is 30.0 Å². The summed E-state index contributed by atoms with van der Waals surface area (Å²) >= 11 is 1.53. The van der Waals surface area contributed by atoms with Crippen molar-refractivity contribution in [3.63, 3.8) is 0 Å². The Kier molecular flexibility index (Phi) is 4.24. The molecule has 0 N–H and O–H groups in total. The Balaban J connectivity index is 1.20. The number of aliphatic imine (C=N–C) groups is 1. The van der Waals surface area contributed by atoms with Crippen LogP contribution in [0.3, 0.4) is 0 Å². The van der Waals surface area contributed by atoms with Gasteiger partial charge in [0.15, 0.2) is 6.54 Å². The molecule has 11 nitrogen and oxygen atoms in total. The second kappa shape index (κ2) is 6.83. The number of imide groups is 1. The predicted molar refractivity (Wildman–Crippen MR) is 105 cm³/mol. The van der Waals surface area contributed by atoms with Crippen molar-refractivity contribution in [2.45, 2.75) is 12.0 Å². The number of carbonyl (C=O) groups is 3. The fraction of sp³-hybridized carbons (Fsp3) is 0.389. The first-order valence-electron chi connectivity index (χ1n) is 9.31. The molecule has 0 aromatic carbocycles. The normalized spacial score (nSPS) is 21.5. The molecule has 3 aliphatic rings.